The normalized spacial score (nSPS) is 27.9. The Morgan fingerprint density at radius 1 is 1.48 bits per heavy atom. The largest absolute Gasteiger partial charge is 0.326 e. The van der Waals surface area contributed by atoms with E-state index in [4.69, 9.17) is 17.3 Å². The van der Waals surface area contributed by atoms with E-state index in [0.717, 1.165) is 12.8 Å². The van der Waals surface area contributed by atoms with Crippen molar-refractivity contribution in [1.29, 1.82) is 0 Å². The Balaban J connectivity index is 2.25. The van der Waals surface area contributed by atoms with Gasteiger partial charge in [0, 0.05) is 22.2 Å². The summed E-state index contributed by atoms with van der Waals surface area (Å²) < 4.78 is 14.0. The molecule has 0 bridgehead atoms. The van der Waals surface area contributed by atoms with Crippen LogP contribution in [0, 0.1) is 11.7 Å². The molecule has 1 fully saturated rings. The van der Waals surface area contributed by atoms with Crippen LogP contribution < -0.4 is 5.73 Å². The molecule has 2 N–H and O–H groups in total. The summed E-state index contributed by atoms with van der Waals surface area (Å²) in [6.45, 7) is 2.28. The minimum absolute atomic E-state index is 0.0662. The van der Waals surface area contributed by atoms with E-state index >= 15 is 0 Å². The van der Waals surface area contributed by atoms with Crippen molar-refractivity contribution in [1.82, 2.24) is 4.90 Å². The second-order valence-electron chi connectivity index (χ2n) is 6.71. The minimum atomic E-state index is -0.254. The Morgan fingerprint density at radius 2 is 2.19 bits per heavy atom. The van der Waals surface area contributed by atoms with Crippen molar-refractivity contribution in [2.24, 2.45) is 11.7 Å². The van der Waals surface area contributed by atoms with Crippen LogP contribution in [-0.4, -0.2) is 30.6 Å². The van der Waals surface area contributed by atoms with Crippen LogP contribution in [0.4, 0.5) is 4.39 Å². The lowest BCUT2D eigenvalue weighted by atomic mass is 9.70. The zero-order valence-electron chi connectivity index (χ0n) is 13.2. The number of hydrogen-bond acceptors (Lipinski definition) is 2. The Hall–Kier alpha value is -0.640. The van der Waals surface area contributed by atoms with E-state index in [1.807, 2.05) is 0 Å². The molecule has 1 aromatic rings. The molecular weight excluding hydrogens is 287 g/mol. The summed E-state index contributed by atoms with van der Waals surface area (Å²) in [5, 5.41) is 0.475. The fraction of sp³-hybridized carbons (Fsp3) is 0.647. The van der Waals surface area contributed by atoms with Crippen molar-refractivity contribution in [3.8, 4) is 0 Å². The van der Waals surface area contributed by atoms with Crippen molar-refractivity contribution in [3.05, 3.63) is 34.6 Å². The van der Waals surface area contributed by atoms with Crippen LogP contribution in [-0.2, 0) is 6.42 Å². The topological polar surface area (TPSA) is 29.3 Å². The van der Waals surface area contributed by atoms with Gasteiger partial charge in [-0.05, 0) is 51.4 Å². The van der Waals surface area contributed by atoms with Crippen molar-refractivity contribution >= 4 is 11.6 Å². The molecule has 0 spiro atoms. The molecule has 118 valence electrons. The molecule has 2 nitrogen and oxygen atoms in total. The second kappa shape index (κ2) is 6.64. The van der Waals surface area contributed by atoms with Gasteiger partial charge in [0.2, 0.25) is 0 Å². The molecule has 0 aliphatic heterocycles. The predicted octanol–water partition coefficient (Wildman–Crippen LogP) is 3.86. The highest BCUT2D eigenvalue weighted by Gasteiger charge is 2.42. The molecule has 2 rings (SSSR count). The minimum Gasteiger partial charge on any atom is -0.326 e. The number of hydrogen-bond donors (Lipinski definition) is 1. The van der Waals surface area contributed by atoms with Crippen LogP contribution in [0.5, 0.6) is 0 Å². The molecule has 4 heteroatoms. The maximum absolute atomic E-state index is 14.0. The summed E-state index contributed by atoms with van der Waals surface area (Å²) in [5.74, 6) is 0.402. The molecule has 1 saturated carbocycles. The highest BCUT2D eigenvalue weighted by molar-refractivity contribution is 6.31. The van der Waals surface area contributed by atoms with E-state index in [0.29, 0.717) is 22.9 Å². The summed E-state index contributed by atoms with van der Waals surface area (Å²) in [6.07, 6.45) is 5.04. The van der Waals surface area contributed by atoms with E-state index in [-0.39, 0.29) is 17.4 Å². The van der Waals surface area contributed by atoms with E-state index in [2.05, 4.69) is 25.9 Å². The zero-order valence-corrected chi connectivity index (χ0v) is 14.0. The molecule has 1 aliphatic rings. The van der Waals surface area contributed by atoms with Crippen LogP contribution in [0.1, 0.15) is 38.2 Å². The zero-order chi connectivity index (χ0) is 15.6. The van der Waals surface area contributed by atoms with Gasteiger partial charge in [0.25, 0.3) is 0 Å². The quantitative estimate of drug-likeness (QED) is 0.914. The van der Waals surface area contributed by atoms with Gasteiger partial charge in [0.1, 0.15) is 5.82 Å². The van der Waals surface area contributed by atoms with E-state index in [1.54, 1.807) is 12.1 Å². The highest BCUT2D eigenvalue weighted by atomic mass is 35.5. The predicted molar refractivity (Wildman–Crippen MR) is 87.1 cm³/mol. The van der Waals surface area contributed by atoms with Crippen LogP contribution >= 0.6 is 11.6 Å². The number of rotatable bonds is 4. The third-order valence-electron chi connectivity index (χ3n) is 5.08. The van der Waals surface area contributed by atoms with E-state index in [9.17, 15) is 4.39 Å². The van der Waals surface area contributed by atoms with Crippen LogP contribution in [0.2, 0.25) is 5.02 Å². The van der Waals surface area contributed by atoms with Crippen molar-refractivity contribution < 1.29 is 4.39 Å². The third-order valence-corrected chi connectivity index (χ3v) is 5.43. The molecule has 0 aromatic heterocycles. The van der Waals surface area contributed by atoms with Gasteiger partial charge in [-0.3, -0.25) is 0 Å². The van der Waals surface area contributed by atoms with Gasteiger partial charge < -0.3 is 10.6 Å². The van der Waals surface area contributed by atoms with Gasteiger partial charge >= 0.3 is 0 Å². The lowest BCUT2D eigenvalue weighted by Gasteiger charge is -2.49. The first kappa shape index (κ1) is 16.7. The van der Waals surface area contributed by atoms with Gasteiger partial charge in [0.05, 0.1) is 0 Å². The monoisotopic (exact) mass is 312 g/mol. The number of benzene rings is 1. The maximum Gasteiger partial charge on any atom is 0.127 e. The first-order valence-corrected chi connectivity index (χ1v) is 8.10. The first-order chi connectivity index (χ1) is 9.86. The summed E-state index contributed by atoms with van der Waals surface area (Å²) in [6, 6.07) is 4.71. The van der Waals surface area contributed by atoms with E-state index in [1.165, 1.54) is 18.9 Å². The third kappa shape index (κ3) is 3.41. The van der Waals surface area contributed by atoms with Gasteiger partial charge in [-0.25, -0.2) is 4.39 Å². The molecular formula is C17H26ClFN2. The Bertz CT molecular complexity index is 471. The molecule has 1 aromatic carbocycles. The summed E-state index contributed by atoms with van der Waals surface area (Å²) in [4.78, 5) is 2.24. The highest BCUT2D eigenvalue weighted by Crippen LogP contribution is 2.39. The van der Waals surface area contributed by atoms with Crippen LogP contribution in [0.3, 0.4) is 0 Å². The molecule has 3 atom stereocenters. The van der Waals surface area contributed by atoms with Gasteiger partial charge in [-0.15, -0.1) is 0 Å². The van der Waals surface area contributed by atoms with Crippen LogP contribution in [0.15, 0.2) is 18.2 Å². The van der Waals surface area contributed by atoms with E-state index < -0.39 is 0 Å². The van der Waals surface area contributed by atoms with Gasteiger partial charge in [0.15, 0.2) is 0 Å². The standard InChI is InChI=1S/C17H26ClFN2/c1-12-6-5-9-17(11-12,21(2)3)16(20)10-13-14(18)7-4-8-15(13)19/h4,7-8,12,16H,5-6,9-11,20H2,1-3H3. The molecule has 0 amide bonds. The molecule has 21 heavy (non-hydrogen) atoms. The average Bonchev–Trinajstić information content (AvgIpc) is 2.42. The molecule has 1 aliphatic carbocycles. The molecule has 0 radical (unpaired) electrons. The molecule has 0 heterocycles. The summed E-state index contributed by atoms with van der Waals surface area (Å²) in [7, 11) is 4.17. The van der Waals surface area contributed by atoms with Gasteiger partial charge in [-0.2, -0.15) is 0 Å². The number of likely N-dealkylation sites (N-methyl/N-ethyl adjacent to an activating group) is 1. The SMILES string of the molecule is CC1CCCC(C(N)Cc2c(F)cccc2Cl)(N(C)C)C1. The maximum atomic E-state index is 14.0. The number of nitrogens with zero attached hydrogens (tertiary/aromatic N) is 1. The lowest BCUT2D eigenvalue weighted by molar-refractivity contribution is 0.0501. The number of nitrogens with two attached hydrogens (primary N) is 1. The Morgan fingerprint density at radius 3 is 2.76 bits per heavy atom. The average molecular weight is 313 g/mol. The first-order valence-electron chi connectivity index (χ1n) is 7.72. The Kier molecular flexibility index (Phi) is 5.29. The van der Waals surface area contributed by atoms with Crippen LogP contribution in [0.25, 0.3) is 0 Å². The van der Waals surface area contributed by atoms with Crippen molar-refractivity contribution in [2.75, 3.05) is 14.1 Å². The fourth-order valence-corrected chi connectivity index (χ4v) is 4.02. The van der Waals surface area contributed by atoms with Gasteiger partial charge in [-0.1, -0.05) is 37.4 Å². The lowest BCUT2D eigenvalue weighted by Crippen LogP contribution is -2.60. The summed E-state index contributed by atoms with van der Waals surface area (Å²) >= 11 is 6.16. The second-order valence-corrected chi connectivity index (χ2v) is 7.12. The molecule has 0 saturated heterocycles. The smallest absolute Gasteiger partial charge is 0.127 e. The number of halogens is 2. The van der Waals surface area contributed by atoms with Crippen molar-refractivity contribution in [3.63, 3.8) is 0 Å². The summed E-state index contributed by atoms with van der Waals surface area (Å²) in [5.41, 5.74) is 7.03. The fourth-order valence-electron chi connectivity index (χ4n) is 3.78. The van der Waals surface area contributed by atoms with Crippen molar-refractivity contribution in [2.45, 2.75) is 50.6 Å². The Labute approximate surface area is 132 Å². The molecule has 3 unspecified atom stereocenters.